The summed E-state index contributed by atoms with van der Waals surface area (Å²) in [5.41, 5.74) is 0.681. The first-order valence-corrected chi connectivity index (χ1v) is 9.18. The number of para-hydroxylation sites is 2. The van der Waals surface area contributed by atoms with E-state index in [1.54, 1.807) is 0 Å². The molecule has 0 radical (unpaired) electrons. The number of nitrogens with one attached hydrogen (secondary N) is 1. The third kappa shape index (κ3) is 4.41. The first-order valence-electron chi connectivity index (χ1n) is 9.18. The Morgan fingerprint density at radius 3 is 2.75 bits per heavy atom. The van der Waals surface area contributed by atoms with Crippen molar-refractivity contribution >= 4 is 11.8 Å². The van der Waals surface area contributed by atoms with Crippen molar-refractivity contribution in [3.8, 4) is 5.75 Å². The number of benzene rings is 1. The lowest BCUT2D eigenvalue weighted by Gasteiger charge is -2.43. The average Bonchev–Trinajstić information content (AvgIpc) is 2.61. The van der Waals surface area contributed by atoms with Crippen molar-refractivity contribution in [2.45, 2.75) is 45.1 Å². The Morgan fingerprint density at radius 1 is 1.25 bits per heavy atom. The number of unbranched alkanes of at least 4 members (excludes halogenated alkanes) is 2. The number of ether oxygens (including phenoxy) is 2. The lowest BCUT2D eigenvalue weighted by Crippen LogP contribution is -2.52. The molecule has 0 spiro atoms. The quantitative estimate of drug-likeness (QED) is 0.770. The molecule has 5 nitrogen and oxygen atoms in total. The van der Waals surface area contributed by atoms with Crippen molar-refractivity contribution in [2.24, 2.45) is 5.92 Å². The summed E-state index contributed by atoms with van der Waals surface area (Å²) >= 11 is 0. The van der Waals surface area contributed by atoms with Crippen LogP contribution in [0.2, 0.25) is 0 Å². The van der Waals surface area contributed by atoms with Gasteiger partial charge in [0.25, 0.3) is 0 Å². The summed E-state index contributed by atoms with van der Waals surface area (Å²) in [4.78, 5) is 14.7. The number of carbonyl (C=O) groups excluding carboxylic acids is 1. The number of piperidine rings is 3. The van der Waals surface area contributed by atoms with Gasteiger partial charge in [0.15, 0.2) is 0 Å². The van der Waals surface area contributed by atoms with E-state index in [1.165, 1.54) is 0 Å². The Kier molecular flexibility index (Phi) is 5.96. The van der Waals surface area contributed by atoms with E-state index in [0.717, 1.165) is 51.7 Å². The summed E-state index contributed by atoms with van der Waals surface area (Å²) < 4.78 is 11.5. The highest BCUT2D eigenvalue weighted by Crippen LogP contribution is 2.30. The minimum Gasteiger partial charge on any atom is -0.491 e. The number of nitrogens with zero attached hydrogens (tertiary/aromatic N) is 1. The van der Waals surface area contributed by atoms with Crippen LogP contribution in [0, 0.1) is 5.92 Å². The smallest absolute Gasteiger partial charge is 0.412 e. The van der Waals surface area contributed by atoms with E-state index in [0.29, 0.717) is 24.0 Å². The summed E-state index contributed by atoms with van der Waals surface area (Å²) in [6, 6.07) is 7.55. The molecule has 1 unspecified atom stereocenters. The minimum absolute atomic E-state index is 0.0186. The topological polar surface area (TPSA) is 50.8 Å². The summed E-state index contributed by atoms with van der Waals surface area (Å²) in [5.74, 6) is 1.22. The molecule has 24 heavy (non-hydrogen) atoms. The van der Waals surface area contributed by atoms with Gasteiger partial charge in [-0.2, -0.15) is 0 Å². The van der Waals surface area contributed by atoms with Gasteiger partial charge in [-0.05, 0) is 50.4 Å². The van der Waals surface area contributed by atoms with Crippen LogP contribution in [0.4, 0.5) is 10.5 Å². The number of anilines is 1. The number of fused-ring (bicyclic) bond motifs is 3. The molecule has 1 aromatic carbocycles. The maximum absolute atomic E-state index is 12.3. The molecule has 1 aromatic rings. The molecular weight excluding hydrogens is 304 g/mol. The highest BCUT2D eigenvalue weighted by atomic mass is 16.6. The molecule has 2 bridgehead atoms. The maximum Gasteiger partial charge on any atom is 0.412 e. The number of rotatable bonds is 7. The van der Waals surface area contributed by atoms with Crippen LogP contribution in [-0.2, 0) is 4.74 Å². The molecule has 0 aromatic heterocycles. The van der Waals surface area contributed by atoms with Gasteiger partial charge >= 0.3 is 6.09 Å². The van der Waals surface area contributed by atoms with Crippen LogP contribution in [0.25, 0.3) is 0 Å². The highest BCUT2D eigenvalue weighted by molar-refractivity contribution is 5.86. The molecule has 5 heteroatoms. The molecule has 3 fully saturated rings. The van der Waals surface area contributed by atoms with Gasteiger partial charge in [0.1, 0.15) is 11.9 Å². The molecule has 132 valence electrons. The van der Waals surface area contributed by atoms with Crippen molar-refractivity contribution in [1.29, 1.82) is 0 Å². The Bertz CT molecular complexity index is 541. The van der Waals surface area contributed by atoms with Crippen molar-refractivity contribution < 1.29 is 14.3 Å². The van der Waals surface area contributed by atoms with Crippen molar-refractivity contribution in [3.63, 3.8) is 0 Å². The molecule has 3 aliphatic heterocycles. The van der Waals surface area contributed by atoms with Gasteiger partial charge in [-0.25, -0.2) is 4.79 Å². The lowest BCUT2D eigenvalue weighted by atomic mass is 9.86. The van der Waals surface area contributed by atoms with E-state index in [9.17, 15) is 4.79 Å². The maximum atomic E-state index is 12.3. The van der Waals surface area contributed by atoms with E-state index < -0.39 is 0 Å². The minimum atomic E-state index is -0.377. The van der Waals surface area contributed by atoms with Crippen molar-refractivity contribution in [3.05, 3.63) is 24.3 Å². The Balaban J connectivity index is 1.52. The first kappa shape index (κ1) is 17.1. The zero-order valence-corrected chi connectivity index (χ0v) is 14.5. The Morgan fingerprint density at radius 2 is 2.04 bits per heavy atom. The molecular formula is C19H28N2O3. The second-order valence-electron chi connectivity index (χ2n) is 6.76. The lowest BCUT2D eigenvalue weighted by molar-refractivity contribution is -0.0290. The molecule has 3 aliphatic rings. The monoisotopic (exact) mass is 332 g/mol. The average molecular weight is 332 g/mol. The van der Waals surface area contributed by atoms with E-state index in [1.807, 2.05) is 24.3 Å². The number of amides is 1. The fraction of sp³-hybridized carbons (Fsp3) is 0.632. The van der Waals surface area contributed by atoms with Crippen LogP contribution in [0.5, 0.6) is 5.75 Å². The van der Waals surface area contributed by atoms with Gasteiger partial charge in [-0.3, -0.25) is 10.2 Å². The summed E-state index contributed by atoms with van der Waals surface area (Å²) in [6.07, 6.45) is 5.24. The normalized spacial score (nSPS) is 25.3. The largest absolute Gasteiger partial charge is 0.491 e. The summed E-state index contributed by atoms with van der Waals surface area (Å²) in [5, 5.41) is 2.85. The Hall–Kier alpha value is -1.75. The van der Waals surface area contributed by atoms with Gasteiger partial charge in [0.2, 0.25) is 0 Å². The summed E-state index contributed by atoms with van der Waals surface area (Å²) in [7, 11) is 0. The van der Waals surface area contributed by atoms with Gasteiger partial charge in [-0.15, -0.1) is 0 Å². The standard InChI is InChI=1S/C19H28N2O3/c1-2-3-6-13-23-17-8-5-4-7-16(17)20-19(22)24-18-14-21-11-9-15(18)10-12-21/h4-5,7-8,15,18H,2-3,6,9-14H2,1H3,(H,20,22). The second kappa shape index (κ2) is 8.38. The third-order valence-electron chi connectivity index (χ3n) is 4.98. The zero-order valence-electron chi connectivity index (χ0n) is 14.5. The zero-order chi connectivity index (χ0) is 16.8. The number of hydrogen-bond donors (Lipinski definition) is 1. The molecule has 0 aliphatic carbocycles. The molecule has 4 rings (SSSR count). The fourth-order valence-corrected chi connectivity index (χ4v) is 3.55. The SMILES string of the molecule is CCCCCOc1ccccc1NC(=O)OC1CN2CCC1CC2. The number of hydrogen-bond acceptors (Lipinski definition) is 4. The van der Waals surface area contributed by atoms with Crippen LogP contribution < -0.4 is 10.1 Å². The third-order valence-corrected chi connectivity index (χ3v) is 4.98. The molecule has 3 saturated heterocycles. The molecule has 1 amide bonds. The van der Waals surface area contributed by atoms with Crippen LogP contribution in [0.3, 0.4) is 0 Å². The van der Waals surface area contributed by atoms with Gasteiger partial charge in [0.05, 0.1) is 12.3 Å². The second-order valence-corrected chi connectivity index (χ2v) is 6.76. The van der Waals surface area contributed by atoms with Gasteiger partial charge in [-0.1, -0.05) is 31.9 Å². The van der Waals surface area contributed by atoms with Gasteiger partial charge < -0.3 is 9.47 Å². The van der Waals surface area contributed by atoms with Crippen LogP contribution >= 0.6 is 0 Å². The predicted molar refractivity (Wildman–Crippen MR) is 94.5 cm³/mol. The van der Waals surface area contributed by atoms with Crippen LogP contribution in [-0.4, -0.2) is 43.3 Å². The van der Waals surface area contributed by atoms with Crippen molar-refractivity contribution in [2.75, 3.05) is 31.6 Å². The van der Waals surface area contributed by atoms with E-state index in [2.05, 4.69) is 17.1 Å². The molecule has 1 N–H and O–H groups in total. The van der Waals surface area contributed by atoms with Crippen molar-refractivity contribution in [1.82, 2.24) is 4.90 Å². The molecule has 1 atom stereocenters. The molecule has 0 saturated carbocycles. The van der Waals surface area contributed by atoms with E-state index in [4.69, 9.17) is 9.47 Å². The molecule has 3 heterocycles. The van der Waals surface area contributed by atoms with E-state index in [-0.39, 0.29) is 12.2 Å². The van der Waals surface area contributed by atoms with Gasteiger partial charge in [0, 0.05) is 6.54 Å². The highest BCUT2D eigenvalue weighted by Gasteiger charge is 2.36. The fourth-order valence-electron chi connectivity index (χ4n) is 3.55. The van der Waals surface area contributed by atoms with Crippen LogP contribution in [0.15, 0.2) is 24.3 Å². The number of carbonyl (C=O) groups is 1. The van der Waals surface area contributed by atoms with E-state index >= 15 is 0 Å². The predicted octanol–water partition coefficient (Wildman–Crippen LogP) is 3.90. The Labute approximate surface area is 144 Å². The van der Waals surface area contributed by atoms with Crippen LogP contribution in [0.1, 0.15) is 39.0 Å². The summed E-state index contributed by atoms with van der Waals surface area (Å²) in [6.45, 7) is 5.98. The first-order chi connectivity index (χ1) is 11.8.